The number of carbonyl (C=O) groups is 1. The number of nitrogens with zero attached hydrogens (tertiary/aromatic N) is 2. The molecule has 4 rings (SSSR count). The summed E-state index contributed by atoms with van der Waals surface area (Å²) in [5.41, 5.74) is 2.35. The van der Waals surface area contributed by atoms with Crippen molar-refractivity contribution in [2.75, 3.05) is 50.2 Å². The molecular formula is C31H37F3N4O2S. The van der Waals surface area contributed by atoms with Crippen molar-refractivity contribution in [3.05, 3.63) is 48.2 Å². The van der Waals surface area contributed by atoms with Gasteiger partial charge in [0.2, 0.25) is 0 Å². The zero-order valence-corrected chi connectivity index (χ0v) is 24.7. The molecule has 3 aromatic rings. The Bertz CT molecular complexity index is 1420. The minimum atomic E-state index is -4.39. The molecule has 1 aliphatic heterocycles. The average Bonchev–Trinajstić information content (AvgIpc) is 3.28. The minimum absolute atomic E-state index is 0.0200. The van der Waals surface area contributed by atoms with Crippen LogP contribution in [0.25, 0.3) is 10.9 Å². The molecule has 2 aromatic carbocycles. The lowest BCUT2D eigenvalue weighted by Crippen LogP contribution is -2.42. The number of methoxy groups -OCH3 is 1. The van der Waals surface area contributed by atoms with Crippen LogP contribution in [-0.2, 0) is 11.3 Å². The molecule has 0 unspecified atom stereocenters. The molecule has 2 heterocycles. The van der Waals surface area contributed by atoms with E-state index in [1.165, 1.54) is 4.57 Å². The number of alkyl halides is 3. The number of Topliss-reactive ketones (excluding diaryl/α,β-unsaturated/α-hetero) is 1. The van der Waals surface area contributed by atoms with Crippen molar-refractivity contribution >= 4 is 39.8 Å². The smallest absolute Gasteiger partial charge is 0.406 e. The highest BCUT2D eigenvalue weighted by Gasteiger charge is 2.30. The Morgan fingerprint density at radius 3 is 2.56 bits per heavy atom. The van der Waals surface area contributed by atoms with Crippen molar-refractivity contribution in [3.63, 3.8) is 0 Å². The maximum atomic E-state index is 13.6. The van der Waals surface area contributed by atoms with E-state index in [1.54, 1.807) is 37.1 Å². The molecule has 0 spiro atoms. The molecule has 0 bridgehead atoms. The number of ketones is 1. The first-order chi connectivity index (χ1) is 19.6. The van der Waals surface area contributed by atoms with Crippen LogP contribution in [0, 0.1) is 17.8 Å². The summed E-state index contributed by atoms with van der Waals surface area (Å²) in [6, 6.07) is 13.1. The Kier molecular flexibility index (Phi) is 10.2. The van der Waals surface area contributed by atoms with Crippen LogP contribution in [0.2, 0.25) is 0 Å². The van der Waals surface area contributed by atoms with Crippen LogP contribution in [0.3, 0.4) is 0 Å². The van der Waals surface area contributed by atoms with Gasteiger partial charge < -0.3 is 19.9 Å². The van der Waals surface area contributed by atoms with Gasteiger partial charge in [0.05, 0.1) is 37.1 Å². The summed E-state index contributed by atoms with van der Waals surface area (Å²) in [4.78, 5) is 15.4. The first-order valence-corrected chi connectivity index (χ1v) is 15.0. The van der Waals surface area contributed by atoms with Gasteiger partial charge >= 0.3 is 6.18 Å². The number of anilines is 2. The first kappa shape index (κ1) is 30.7. The molecule has 0 atom stereocenters. The minimum Gasteiger partial charge on any atom is -0.495 e. The third-order valence-corrected chi connectivity index (χ3v) is 7.97. The van der Waals surface area contributed by atoms with E-state index in [2.05, 4.69) is 27.4 Å². The van der Waals surface area contributed by atoms with Crippen molar-refractivity contribution in [1.29, 1.82) is 0 Å². The number of nitrogens with one attached hydrogen (secondary N) is 2. The van der Waals surface area contributed by atoms with E-state index >= 15 is 0 Å². The maximum absolute atomic E-state index is 13.6. The third-order valence-electron chi connectivity index (χ3n) is 7.25. The van der Waals surface area contributed by atoms with Gasteiger partial charge in [-0.25, -0.2) is 0 Å². The lowest BCUT2D eigenvalue weighted by molar-refractivity contribution is -0.140. The standard InChI is InChI=1S/C31H37F3N4O2S/c1-21(2)29(39)19-37-15-12-22(13-16-37)36-26-8-5-9-28-25(26)17-23(38(28)20-31(32,33)34)7-6-14-35-27-11-10-24(41-4)18-30(27)40-3/h5,8-11,17-18,21-22,35-36H,12-16,19-20H2,1-4H3. The predicted octanol–water partition coefficient (Wildman–Crippen LogP) is 6.50. The molecule has 0 saturated carbocycles. The van der Waals surface area contributed by atoms with E-state index in [9.17, 15) is 18.0 Å². The molecule has 10 heteroatoms. The molecule has 0 aliphatic carbocycles. The molecule has 1 aromatic heterocycles. The van der Waals surface area contributed by atoms with Gasteiger partial charge in [0.1, 0.15) is 18.1 Å². The molecule has 6 nitrogen and oxygen atoms in total. The van der Waals surface area contributed by atoms with Crippen molar-refractivity contribution in [2.45, 2.75) is 50.3 Å². The SMILES string of the molecule is COc1cc(SC)ccc1NCC#Cc1cc2c(NC3CCN(CC(=O)C(C)C)CC3)cccc2n1CC(F)(F)F. The summed E-state index contributed by atoms with van der Waals surface area (Å²) < 4.78 is 47.5. The molecule has 1 fully saturated rings. The Hall–Kier alpha value is -3.29. The summed E-state index contributed by atoms with van der Waals surface area (Å²) >= 11 is 1.61. The fourth-order valence-corrected chi connectivity index (χ4v) is 5.37. The van der Waals surface area contributed by atoms with Crippen LogP contribution < -0.4 is 15.4 Å². The number of hydrogen-bond acceptors (Lipinski definition) is 6. The van der Waals surface area contributed by atoms with Crippen LogP contribution in [0.5, 0.6) is 5.75 Å². The number of fused-ring (bicyclic) bond motifs is 1. The summed E-state index contributed by atoms with van der Waals surface area (Å²) in [6.07, 6.45) is -0.707. The Morgan fingerprint density at radius 1 is 1.15 bits per heavy atom. The van der Waals surface area contributed by atoms with E-state index in [4.69, 9.17) is 4.74 Å². The number of halogens is 3. The number of likely N-dealkylation sites (tertiary alicyclic amines) is 1. The molecule has 1 aliphatic rings. The number of carbonyl (C=O) groups excluding carboxylic acids is 1. The fraction of sp³-hybridized carbons (Fsp3) is 0.452. The number of aromatic nitrogens is 1. The zero-order valence-electron chi connectivity index (χ0n) is 23.9. The Balaban J connectivity index is 1.51. The molecule has 220 valence electrons. The summed E-state index contributed by atoms with van der Waals surface area (Å²) in [5, 5.41) is 7.46. The normalized spacial score (nSPS) is 14.6. The van der Waals surface area contributed by atoms with Gasteiger partial charge in [-0.05, 0) is 61.4 Å². The van der Waals surface area contributed by atoms with Crippen LogP contribution in [0.15, 0.2) is 47.4 Å². The Morgan fingerprint density at radius 2 is 1.90 bits per heavy atom. The van der Waals surface area contributed by atoms with E-state index in [0.29, 0.717) is 28.9 Å². The molecule has 0 amide bonds. The van der Waals surface area contributed by atoms with Crippen LogP contribution >= 0.6 is 11.8 Å². The van der Waals surface area contributed by atoms with Crippen molar-refractivity contribution in [2.24, 2.45) is 5.92 Å². The second-order valence-corrected chi connectivity index (χ2v) is 11.4. The highest BCUT2D eigenvalue weighted by atomic mass is 32.2. The Labute approximate surface area is 244 Å². The van der Waals surface area contributed by atoms with E-state index < -0.39 is 12.7 Å². The quantitative estimate of drug-likeness (QED) is 0.209. The maximum Gasteiger partial charge on any atom is 0.406 e. The van der Waals surface area contributed by atoms with Crippen molar-refractivity contribution < 1.29 is 22.7 Å². The second kappa shape index (κ2) is 13.6. The number of hydrogen-bond donors (Lipinski definition) is 2. The topological polar surface area (TPSA) is 58.5 Å². The number of ether oxygens (including phenoxy) is 1. The van der Waals surface area contributed by atoms with Crippen molar-refractivity contribution in [3.8, 4) is 17.6 Å². The molecule has 2 N–H and O–H groups in total. The first-order valence-electron chi connectivity index (χ1n) is 13.7. The number of rotatable bonds is 10. The van der Waals surface area contributed by atoms with Gasteiger partial charge in [-0.15, -0.1) is 11.8 Å². The summed E-state index contributed by atoms with van der Waals surface area (Å²) in [7, 11) is 1.59. The van der Waals surface area contributed by atoms with Crippen LogP contribution in [0.4, 0.5) is 24.5 Å². The van der Waals surface area contributed by atoms with Gasteiger partial charge in [0, 0.05) is 41.0 Å². The molecule has 0 radical (unpaired) electrons. The average molecular weight is 587 g/mol. The van der Waals surface area contributed by atoms with Crippen LogP contribution in [0.1, 0.15) is 32.4 Å². The lowest BCUT2D eigenvalue weighted by Gasteiger charge is -2.32. The molecule has 41 heavy (non-hydrogen) atoms. The lowest BCUT2D eigenvalue weighted by atomic mass is 10.0. The highest BCUT2D eigenvalue weighted by Crippen LogP contribution is 2.32. The largest absolute Gasteiger partial charge is 0.495 e. The zero-order chi connectivity index (χ0) is 29.6. The van der Waals surface area contributed by atoms with Crippen molar-refractivity contribution in [1.82, 2.24) is 9.47 Å². The van der Waals surface area contributed by atoms with Gasteiger partial charge in [0.15, 0.2) is 0 Å². The van der Waals surface area contributed by atoms with Gasteiger partial charge in [-0.1, -0.05) is 25.8 Å². The summed E-state index contributed by atoms with van der Waals surface area (Å²) in [6.45, 7) is 5.02. The highest BCUT2D eigenvalue weighted by molar-refractivity contribution is 7.98. The van der Waals surface area contributed by atoms with E-state index in [0.717, 1.165) is 42.2 Å². The fourth-order valence-electron chi connectivity index (χ4n) is 4.94. The monoisotopic (exact) mass is 586 g/mol. The van der Waals surface area contributed by atoms with E-state index in [-0.39, 0.29) is 24.3 Å². The number of benzene rings is 2. The number of piperidine rings is 1. The molecule has 1 saturated heterocycles. The summed E-state index contributed by atoms with van der Waals surface area (Å²) in [5.74, 6) is 6.88. The third kappa shape index (κ3) is 8.14. The second-order valence-electron chi connectivity index (χ2n) is 10.5. The molecular weight excluding hydrogens is 549 g/mol. The predicted molar refractivity (Wildman–Crippen MR) is 161 cm³/mol. The van der Waals surface area contributed by atoms with Gasteiger partial charge in [0.25, 0.3) is 0 Å². The van der Waals surface area contributed by atoms with Gasteiger partial charge in [-0.2, -0.15) is 13.2 Å². The van der Waals surface area contributed by atoms with Gasteiger partial charge in [-0.3, -0.25) is 9.69 Å². The van der Waals surface area contributed by atoms with Crippen LogP contribution in [-0.4, -0.2) is 67.0 Å². The van der Waals surface area contributed by atoms with E-state index in [1.807, 2.05) is 44.4 Å². The number of thioether (sulfide) groups is 1.